The number of phenolic OH excluding ortho intramolecular Hbond substituents is 1. The van der Waals surface area contributed by atoms with Crippen molar-refractivity contribution in [3.63, 3.8) is 0 Å². The molecule has 0 aliphatic rings. The maximum Gasteiger partial charge on any atom is 0.347 e. The minimum atomic E-state index is -1.28. The molecule has 0 fully saturated rings. The van der Waals surface area contributed by atoms with E-state index in [4.69, 9.17) is 9.84 Å². The average Bonchev–Trinajstić information content (AvgIpc) is 2.09. The Hall–Kier alpha value is -1.71. The summed E-state index contributed by atoms with van der Waals surface area (Å²) in [6, 6.07) is 4.53. The van der Waals surface area contributed by atoms with Crippen molar-refractivity contribution in [1.29, 1.82) is 0 Å². The van der Waals surface area contributed by atoms with Gasteiger partial charge in [-0.3, -0.25) is 0 Å². The van der Waals surface area contributed by atoms with E-state index in [0.717, 1.165) is 0 Å². The fourth-order valence-electron chi connectivity index (χ4n) is 1.07. The molecular formula is C11H14O4. The Morgan fingerprint density at radius 2 is 2.00 bits per heavy atom. The summed E-state index contributed by atoms with van der Waals surface area (Å²) in [6.45, 7) is 4.69. The van der Waals surface area contributed by atoms with Crippen LogP contribution < -0.4 is 4.74 Å². The van der Waals surface area contributed by atoms with Crippen molar-refractivity contribution >= 4 is 5.97 Å². The summed E-state index contributed by atoms with van der Waals surface area (Å²) in [5, 5.41) is 18.0. The zero-order valence-corrected chi connectivity index (χ0v) is 8.94. The van der Waals surface area contributed by atoms with Crippen LogP contribution in [0.1, 0.15) is 19.4 Å². The molecule has 0 atom stereocenters. The first kappa shape index (κ1) is 11.4. The third-order valence-corrected chi connectivity index (χ3v) is 2.04. The van der Waals surface area contributed by atoms with Crippen LogP contribution in [0.4, 0.5) is 0 Å². The number of carboxylic acids is 1. The second-order valence-corrected chi connectivity index (χ2v) is 3.87. The van der Waals surface area contributed by atoms with Crippen molar-refractivity contribution in [1.82, 2.24) is 0 Å². The van der Waals surface area contributed by atoms with Gasteiger partial charge in [-0.05, 0) is 44.5 Å². The topological polar surface area (TPSA) is 66.8 Å². The Bertz CT molecular complexity index is 382. The Morgan fingerprint density at radius 1 is 1.40 bits per heavy atom. The van der Waals surface area contributed by atoms with Gasteiger partial charge in [0.25, 0.3) is 0 Å². The molecule has 82 valence electrons. The molecule has 0 saturated carbocycles. The summed E-state index contributed by atoms with van der Waals surface area (Å²) in [5.74, 6) is -0.442. The van der Waals surface area contributed by atoms with Crippen molar-refractivity contribution in [3.05, 3.63) is 23.8 Å². The van der Waals surface area contributed by atoms with E-state index in [2.05, 4.69) is 0 Å². The molecule has 0 spiro atoms. The number of aryl methyl sites for hydroxylation is 1. The fraction of sp³-hybridized carbons (Fsp3) is 0.364. The molecule has 4 heteroatoms. The minimum Gasteiger partial charge on any atom is -0.508 e. The lowest BCUT2D eigenvalue weighted by molar-refractivity contribution is -0.152. The zero-order valence-electron chi connectivity index (χ0n) is 8.94. The maximum absolute atomic E-state index is 10.8. The van der Waals surface area contributed by atoms with E-state index in [9.17, 15) is 9.90 Å². The van der Waals surface area contributed by atoms with E-state index < -0.39 is 11.6 Å². The maximum atomic E-state index is 10.8. The van der Waals surface area contributed by atoms with Crippen molar-refractivity contribution in [3.8, 4) is 11.5 Å². The van der Waals surface area contributed by atoms with Crippen LogP contribution in [0.2, 0.25) is 0 Å². The van der Waals surface area contributed by atoms with Crippen LogP contribution in [-0.2, 0) is 4.79 Å². The van der Waals surface area contributed by atoms with Gasteiger partial charge < -0.3 is 14.9 Å². The van der Waals surface area contributed by atoms with Crippen LogP contribution in [0.15, 0.2) is 18.2 Å². The number of hydrogen-bond donors (Lipinski definition) is 2. The predicted molar refractivity (Wildman–Crippen MR) is 55.2 cm³/mol. The highest BCUT2D eigenvalue weighted by molar-refractivity contribution is 5.76. The van der Waals surface area contributed by atoms with Gasteiger partial charge in [-0.15, -0.1) is 0 Å². The Morgan fingerprint density at radius 3 is 2.47 bits per heavy atom. The lowest BCUT2D eigenvalue weighted by Gasteiger charge is -2.22. The molecule has 2 N–H and O–H groups in total. The lowest BCUT2D eigenvalue weighted by atomic mass is 10.1. The Balaban J connectivity index is 2.95. The van der Waals surface area contributed by atoms with Gasteiger partial charge in [-0.2, -0.15) is 0 Å². The summed E-state index contributed by atoms with van der Waals surface area (Å²) >= 11 is 0. The van der Waals surface area contributed by atoms with Crippen molar-refractivity contribution < 1.29 is 19.7 Å². The predicted octanol–water partition coefficient (Wildman–Crippen LogP) is 1.94. The number of carboxylic acid groups (broad SMARTS) is 1. The van der Waals surface area contributed by atoms with E-state index >= 15 is 0 Å². The minimum absolute atomic E-state index is 0.132. The molecule has 0 bridgehead atoms. The number of hydrogen-bond acceptors (Lipinski definition) is 3. The van der Waals surface area contributed by atoms with Gasteiger partial charge in [0.05, 0.1) is 0 Å². The van der Waals surface area contributed by atoms with Crippen LogP contribution in [0.3, 0.4) is 0 Å². The number of aromatic hydroxyl groups is 1. The van der Waals surface area contributed by atoms with E-state index in [-0.39, 0.29) is 5.75 Å². The Kier molecular flexibility index (Phi) is 2.88. The first-order valence-electron chi connectivity index (χ1n) is 4.55. The number of aliphatic carboxylic acids is 1. The summed E-state index contributed by atoms with van der Waals surface area (Å²) in [7, 11) is 0. The number of benzene rings is 1. The first-order valence-corrected chi connectivity index (χ1v) is 4.55. The van der Waals surface area contributed by atoms with Crippen molar-refractivity contribution in [2.45, 2.75) is 26.4 Å². The van der Waals surface area contributed by atoms with Gasteiger partial charge in [0.1, 0.15) is 11.5 Å². The molecule has 1 rings (SSSR count). The van der Waals surface area contributed by atoms with E-state index in [1.54, 1.807) is 13.0 Å². The highest BCUT2D eigenvalue weighted by Gasteiger charge is 2.29. The molecule has 15 heavy (non-hydrogen) atoms. The molecule has 0 saturated heterocycles. The van der Waals surface area contributed by atoms with Crippen molar-refractivity contribution in [2.24, 2.45) is 0 Å². The summed E-state index contributed by atoms with van der Waals surface area (Å²) in [4.78, 5) is 10.8. The molecule has 0 aliphatic heterocycles. The Labute approximate surface area is 88.1 Å². The number of carbonyl (C=O) groups is 1. The average molecular weight is 210 g/mol. The molecular weight excluding hydrogens is 196 g/mol. The van der Waals surface area contributed by atoms with Gasteiger partial charge in [0.15, 0.2) is 5.60 Å². The fourth-order valence-corrected chi connectivity index (χ4v) is 1.07. The monoisotopic (exact) mass is 210 g/mol. The standard InChI is InChI=1S/C11H14O4/c1-7-6-8(12)4-5-9(7)15-11(2,3)10(13)14/h4-6,12H,1-3H3,(H,13,14). The lowest BCUT2D eigenvalue weighted by Crippen LogP contribution is -2.38. The molecule has 0 amide bonds. The van der Waals surface area contributed by atoms with Gasteiger partial charge in [0.2, 0.25) is 0 Å². The normalized spacial score (nSPS) is 11.1. The van der Waals surface area contributed by atoms with Gasteiger partial charge >= 0.3 is 5.97 Å². The molecule has 0 aliphatic carbocycles. The smallest absolute Gasteiger partial charge is 0.347 e. The van der Waals surface area contributed by atoms with E-state index in [1.165, 1.54) is 26.0 Å². The number of phenols is 1. The van der Waals surface area contributed by atoms with Crippen LogP contribution in [-0.4, -0.2) is 21.8 Å². The summed E-state index contributed by atoms with van der Waals surface area (Å²) in [6.07, 6.45) is 0. The van der Waals surface area contributed by atoms with E-state index in [1.807, 2.05) is 0 Å². The quantitative estimate of drug-likeness (QED) is 0.800. The molecule has 0 aromatic heterocycles. The van der Waals surface area contributed by atoms with Gasteiger partial charge in [-0.1, -0.05) is 0 Å². The third kappa shape index (κ3) is 2.62. The van der Waals surface area contributed by atoms with Crippen molar-refractivity contribution in [2.75, 3.05) is 0 Å². The third-order valence-electron chi connectivity index (χ3n) is 2.04. The second kappa shape index (κ2) is 3.81. The molecule has 4 nitrogen and oxygen atoms in total. The highest BCUT2D eigenvalue weighted by Crippen LogP contribution is 2.26. The zero-order chi connectivity index (χ0) is 11.6. The van der Waals surface area contributed by atoms with Crippen LogP contribution in [0, 0.1) is 6.92 Å². The van der Waals surface area contributed by atoms with Crippen LogP contribution >= 0.6 is 0 Å². The molecule has 1 aromatic carbocycles. The highest BCUT2D eigenvalue weighted by atomic mass is 16.5. The number of ether oxygens (including phenoxy) is 1. The largest absolute Gasteiger partial charge is 0.508 e. The molecule has 0 radical (unpaired) electrons. The summed E-state index contributed by atoms with van der Waals surface area (Å²) < 4.78 is 5.34. The van der Waals surface area contributed by atoms with Crippen LogP contribution in [0.5, 0.6) is 11.5 Å². The van der Waals surface area contributed by atoms with Gasteiger partial charge in [0, 0.05) is 0 Å². The number of rotatable bonds is 3. The second-order valence-electron chi connectivity index (χ2n) is 3.87. The van der Waals surface area contributed by atoms with Crippen LogP contribution in [0.25, 0.3) is 0 Å². The molecule has 1 aromatic rings. The molecule has 0 heterocycles. The molecule has 0 unspecified atom stereocenters. The SMILES string of the molecule is Cc1cc(O)ccc1OC(C)(C)C(=O)O. The van der Waals surface area contributed by atoms with E-state index in [0.29, 0.717) is 11.3 Å². The first-order chi connectivity index (χ1) is 6.83. The van der Waals surface area contributed by atoms with Gasteiger partial charge in [-0.25, -0.2) is 4.79 Å². The summed E-state index contributed by atoms with van der Waals surface area (Å²) in [5.41, 5.74) is -0.578.